The molecule has 124 valence electrons. The van der Waals surface area contributed by atoms with Gasteiger partial charge in [0.25, 0.3) is 5.91 Å². The third-order valence-electron chi connectivity index (χ3n) is 3.56. The number of carbonyl (C=O) groups excluding carboxylic acids is 3. The van der Waals surface area contributed by atoms with Crippen LogP contribution in [0.4, 0.5) is 4.39 Å². The van der Waals surface area contributed by atoms with Gasteiger partial charge in [0, 0.05) is 13.1 Å². The molecule has 1 N–H and O–H groups in total. The Labute approximate surface area is 133 Å². The van der Waals surface area contributed by atoms with Crippen molar-refractivity contribution in [1.29, 1.82) is 0 Å². The lowest BCUT2D eigenvalue weighted by atomic mass is 10.0. The summed E-state index contributed by atoms with van der Waals surface area (Å²) in [6, 6.07) is 6.00. The van der Waals surface area contributed by atoms with E-state index in [2.05, 4.69) is 5.32 Å². The summed E-state index contributed by atoms with van der Waals surface area (Å²) in [6.07, 6.45) is 0.330. The molecule has 1 aromatic carbocycles. The molecule has 0 bridgehead atoms. The predicted octanol–water partition coefficient (Wildman–Crippen LogP) is 0.506. The molecule has 2 rings (SSSR count). The minimum absolute atomic E-state index is 0.0186. The number of esters is 1. The van der Waals surface area contributed by atoms with E-state index in [0.29, 0.717) is 25.1 Å². The number of nitrogens with zero attached hydrogens (tertiary/aromatic N) is 1. The van der Waals surface area contributed by atoms with Gasteiger partial charge in [-0.3, -0.25) is 14.4 Å². The molecule has 1 aromatic rings. The van der Waals surface area contributed by atoms with Crippen molar-refractivity contribution in [2.24, 2.45) is 5.92 Å². The molecule has 0 saturated carbocycles. The number of piperazine rings is 1. The highest BCUT2D eigenvalue weighted by atomic mass is 19.1. The van der Waals surface area contributed by atoms with Gasteiger partial charge in [-0.15, -0.1) is 0 Å². The standard InChI is InChI=1S/C16H19FN2O4/c1-11(7-12-3-2-4-13(17)8-12)16(22)23-10-15(21)19-6-5-18-14(20)9-19/h2-4,8,11H,5-7,9-10H2,1H3,(H,18,20). The first-order chi connectivity index (χ1) is 11.0. The maximum absolute atomic E-state index is 13.1. The van der Waals surface area contributed by atoms with Crippen molar-refractivity contribution in [3.05, 3.63) is 35.6 Å². The SMILES string of the molecule is CC(Cc1cccc(F)c1)C(=O)OCC(=O)N1CCNC(=O)C1. The van der Waals surface area contributed by atoms with Crippen molar-refractivity contribution in [3.63, 3.8) is 0 Å². The zero-order valence-electron chi connectivity index (χ0n) is 12.9. The molecule has 0 spiro atoms. The predicted molar refractivity (Wildman–Crippen MR) is 79.8 cm³/mol. The minimum atomic E-state index is -0.524. The van der Waals surface area contributed by atoms with Crippen molar-refractivity contribution >= 4 is 17.8 Å². The summed E-state index contributed by atoms with van der Waals surface area (Å²) in [7, 11) is 0. The third kappa shape index (κ3) is 5.05. The molecule has 1 aliphatic rings. The highest BCUT2D eigenvalue weighted by Gasteiger charge is 2.23. The fourth-order valence-corrected chi connectivity index (χ4v) is 2.32. The highest BCUT2D eigenvalue weighted by molar-refractivity contribution is 5.87. The Morgan fingerprint density at radius 2 is 2.22 bits per heavy atom. The number of benzene rings is 1. The van der Waals surface area contributed by atoms with Crippen LogP contribution in [0.3, 0.4) is 0 Å². The Kier molecular flexibility index (Phi) is 5.67. The first-order valence-electron chi connectivity index (χ1n) is 7.41. The molecular weight excluding hydrogens is 303 g/mol. The normalized spacial score (nSPS) is 15.7. The molecule has 2 amide bonds. The van der Waals surface area contributed by atoms with Gasteiger partial charge in [0.05, 0.1) is 12.5 Å². The zero-order valence-corrected chi connectivity index (χ0v) is 12.9. The Morgan fingerprint density at radius 1 is 1.43 bits per heavy atom. The molecule has 1 heterocycles. The van der Waals surface area contributed by atoms with Gasteiger partial charge in [-0.05, 0) is 24.1 Å². The molecule has 7 heteroatoms. The maximum atomic E-state index is 13.1. The molecule has 23 heavy (non-hydrogen) atoms. The Balaban J connectivity index is 1.79. The van der Waals surface area contributed by atoms with Crippen LogP contribution in [0, 0.1) is 11.7 Å². The van der Waals surface area contributed by atoms with Crippen molar-refractivity contribution < 1.29 is 23.5 Å². The van der Waals surface area contributed by atoms with Gasteiger partial charge >= 0.3 is 5.97 Å². The summed E-state index contributed by atoms with van der Waals surface area (Å²) in [5, 5.41) is 2.61. The number of nitrogens with one attached hydrogen (secondary N) is 1. The van der Waals surface area contributed by atoms with E-state index in [4.69, 9.17) is 4.74 Å². The number of amides is 2. The average Bonchev–Trinajstić information content (AvgIpc) is 2.52. The van der Waals surface area contributed by atoms with Gasteiger partial charge in [0.2, 0.25) is 5.91 Å². The van der Waals surface area contributed by atoms with E-state index in [1.165, 1.54) is 17.0 Å². The molecule has 0 radical (unpaired) electrons. The molecular formula is C16H19FN2O4. The monoisotopic (exact) mass is 322 g/mol. The second-order valence-electron chi connectivity index (χ2n) is 5.51. The first-order valence-corrected chi connectivity index (χ1v) is 7.41. The minimum Gasteiger partial charge on any atom is -0.455 e. The summed E-state index contributed by atoms with van der Waals surface area (Å²) >= 11 is 0. The molecule has 1 atom stereocenters. The van der Waals surface area contributed by atoms with Crippen molar-refractivity contribution in [2.75, 3.05) is 26.2 Å². The number of hydrogen-bond acceptors (Lipinski definition) is 4. The molecule has 1 saturated heterocycles. The number of hydrogen-bond donors (Lipinski definition) is 1. The van der Waals surface area contributed by atoms with Crippen LogP contribution < -0.4 is 5.32 Å². The van der Waals surface area contributed by atoms with Crippen LogP contribution in [-0.2, 0) is 25.5 Å². The van der Waals surface area contributed by atoms with Crippen molar-refractivity contribution in [3.8, 4) is 0 Å². The van der Waals surface area contributed by atoms with Crippen LogP contribution in [0.5, 0.6) is 0 Å². The molecule has 1 unspecified atom stereocenters. The second kappa shape index (κ2) is 7.71. The lowest BCUT2D eigenvalue weighted by molar-refractivity contribution is -0.155. The highest BCUT2D eigenvalue weighted by Crippen LogP contribution is 2.11. The lowest BCUT2D eigenvalue weighted by Crippen LogP contribution is -2.51. The van der Waals surface area contributed by atoms with Crippen LogP contribution in [0.25, 0.3) is 0 Å². The van der Waals surface area contributed by atoms with Gasteiger partial charge in [-0.25, -0.2) is 4.39 Å². The van der Waals surface area contributed by atoms with E-state index in [-0.39, 0.29) is 24.9 Å². The molecule has 1 fully saturated rings. The number of carbonyl (C=O) groups is 3. The fourth-order valence-electron chi connectivity index (χ4n) is 2.32. The van der Waals surface area contributed by atoms with Crippen LogP contribution in [0.1, 0.15) is 12.5 Å². The van der Waals surface area contributed by atoms with Crippen molar-refractivity contribution in [2.45, 2.75) is 13.3 Å². The maximum Gasteiger partial charge on any atom is 0.309 e. The van der Waals surface area contributed by atoms with Crippen LogP contribution in [0.15, 0.2) is 24.3 Å². The van der Waals surface area contributed by atoms with Crippen molar-refractivity contribution in [1.82, 2.24) is 10.2 Å². The second-order valence-corrected chi connectivity index (χ2v) is 5.51. The Bertz CT molecular complexity index is 605. The van der Waals surface area contributed by atoms with E-state index < -0.39 is 17.8 Å². The molecule has 1 aliphatic heterocycles. The van der Waals surface area contributed by atoms with E-state index in [1.54, 1.807) is 19.1 Å². The van der Waals surface area contributed by atoms with Gasteiger partial charge in [0.15, 0.2) is 6.61 Å². The smallest absolute Gasteiger partial charge is 0.309 e. The number of halogens is 1. The summed E-state index contributed by atoms with van der Waals surface area (Å²) in [6.45, 7) is 2.05. The van der Waals surface area contributed by atoms with Gasteiger partial charge in [0.1, 0.15) is 5.82 Å². The Hall–Kier alpha value is -2.44. The summed E-state index contributed by atoms with van der Waals surface area (Å²) in [5.74, 6) is -2.00. The summed E-state index contributed by atoms with van der Waals surface area (Å²) in [4.78, 5) is 36.4. The van der Waals surface area contributed by atoms with Gasteiger partial charge in [-0.2, -0.15) is 0 Å². The van der Waals surface area contributed by atoms with E-state index in [1.807, 2.05) is 0 Å². The molecule has 6 nitrogen and oxygen atoms in total. The summed E-state index contributed by atoms with van der Waals surface area (Å²) in [5.41, 5.74) is 0.688. The van der Waals surface area contributed by atoms with Gasteiger partial charge in [-0.1, -0.05) is 19.1 Å². The zero-order chi connectivity index (χ0) is 16.8. The van der Waals surface area contributed by atoms with E-state index in [9.17, 15) is 18.8 Å². The summed E-state index contributed by atoms with van der Waals surface area (Å²) < 4.78 is 18.1. The quantitative estimate of drug-likeness (QED) is 0.801. The van der Waals surface area contributed by atoms with Crippen LogP contribution in [0.2, 0.25) is 0 Å². The van der Waals surface area contributed by atoms with Crippen LogP contribution in [-0.4, -0.2) is 48.9 Å². The molecule has 0 aromatic heterocycles. The average molecular weight is 322 g/mol. The lowest BCUT2D eigenvalue weighted by Gasteiger charge is -2.26. The van der Waals surface area contributed by atoms with E-state index >= 15 is 0 Å². The van der Waals surface area contributed by atoms with Crippen LogP contribution >= 0.6 is 0 Å². The first kappa shape index (κ1) is 16.9. The largest absolute Gasteiger partial charge is 0.455 e. The fraction of sp³-hybridized carbons (Fsp3) is 0.438. The van der Waals surface area contributed by atoms with E-state index in [0.717, 1.165) is 0 Å². The topological polar surface area (TPSA) is 75.7 Å². The number of rotatable bonds is 5. The van der Waals surface area contributed by atoms with Gasteiger partial charge < -0.3 is 15.0 Å². The molecule has 0 aliphatic carbocycles. The Morgan fingerprint density at radius 3 is 2.91 bits per heavy atom. The number of ether oxygens (including phenoxy) is 1. The third-order valence-corrected chi connectivity index (χ3v) is 3.56.